The largest absolute Gasteiger partial charge is 0.235 e. The summed E-state index contributed by atoms with van der Waals surface area (Å²) in [6.45, 7) is 0. The van der Waals surface area contributed by atoms with E-state index in [1.54, 1.807) is 17.1 Å². The molecule has 0 fully saturated rings. The molecule has 2 aromatic heterocycles. The van der Waals surface area contributed by atoms with Crippen molar-refractivity contribution in [1.82, 2.24) is 20.0 Å². The lowest BCUT2D eigenvalue weighted by Gasteiger charge is -1.96. The molecule has 0 spiro atoms. The van der Waals surface area contributed by atoms with Crippen LogP contribution in [-0.2, 0) is 0 Å². The van der Waals surface area contributed by atoms with Gasteiger partial charge in [-0.2, -0.15) is 15.2 Å². The number of hydrogen-bond acceptors (Lipinski definition) is 5. The number of fused-ring (bicyclic) bond motifs is 1. The summed E-state index contributed by atoms with van der Waals surface area (Å²) in [5.41, 5.74) is 2.87. The molecule has 5 nitrogen and oxygen atoms in total. The van der Waals surface area contributed by atoms with Crippen molar-refractivity contribution in [3.63, 3.8) is 0 Å². The molecule has 0 radical (unpaired) electrons. The van der Waals surface area contributed by atoms with Crippen LogP contribution in [0, 0.1) is 11.3 Å². The third-order valence-electron chi connectivity index (χ3n) is 3.43. The molecule has 0 atom stereocenters. The second-order valence-electron chi connectivity index (χ2n) is 5.05. The quantitative estimate of drug-likeness (QED) is 0.534. The second kappa shape index (κ2) is 6.07. The molecule has 0 unspecified atom stereocenters. The monoisotopic (exact) mass is 329 g/mol. The predicted octanol–water partition coefficient (Wildman–Crippen LogP) is 3.94. The van der Waals surface area contributed by atoms with E-state index in [9.17, 15) is 5.26 Å². The molecule has 0 bridgehead atoms. The number of rotatable bonds is 3. The van der Waals surface area contributed by atoms with Gasteiger partial charge in [-0.1, -0.05) is 30.3 Å². The molecule has 24 heavy (non-hydrogen) atoms. The van der Waals surface area contributed by atoms with Gasteiger partial charge in [0.2, 0.25) is 0 Å². The van der Waals surface area contributed by atoms with Crippen molar-refractivity contribution in [1.29, 1.82) is 5.26 Å². The van der Waals surface area contributed by atoms with Crippen LogP contribution in [0.15, 0.2) is 60.8 Å². The van der Waals surface area contributed by atoms with Crippen LogP contribution in [-0.4, -0.2) is 20.0 Å². The first-order chi connectivity index (χ1) is 11.8. The summed E-state index contributed by atoms with van der Waals surface area (Å²) in [6.07, 6.45) is 3.35. The van der Waals surface area contributed by atoms with Crippen molar-refractivity contribution in [3.05, 3.63) is 71.5 Å². The van der Waals surface area contributed by atoms with Gasteiger partial charge in [0, 0.05) is 0 Å². The Morgan fingerprint density at radius 1 is 1.08 bits per heavy atom. The Labute approximate surface area is 142 Å². The average molecular weight is 329 g/mol. The molecule has 0 aliphatic carbocycles. The Morgan fingerprint density at radius 2 is 1.88 bits per heavy atom. The minimum Gasteiger partial charge on any atom is -0.235 e. The molecule has 0 saturated heterocycles. The Hall–Kier alpha value is -3.30. The first-order valence-corrected chi connectivity index (χ1v) is 8.11. The zero-order valence-corrected chi connectivity index (χ0v) is 13.3. The Bertz CT molecular complexity index is 1040. The van der Waals surface area contributed by atoms with E-state index in [1.807, 2.05) is 54.6 Å². The van der Waals surface area contributed by atoms with Gasteiger partial charge in [-0.25, -0.2) is 4.98 Å². The van der Waals surface area contributed by atoms with Gasteiger partial charge in [0.05, 0.1) is 27.7 Å². The third kappa shape index (κ3) is 2.69. The standard InChI is InChI=1S/C18H11N5S/c19-11-13(18-21-16-8-4-5-9-17(16)24-18)10-14-12-20-23(22-14)15-6-2-1-3-7-15/h1-10,12H. The summed E-state index contributed by atoms with van der Waals surface area (Å²) in [4.78, 5) is 6.06. The number of nitrogens with zero attached hydrogens (tertiary/aromatic N) is 5. The minimum absolute atomic E-state index is 0.483. The lowest BCUT2D eigenvalue weighted by molar-refractivity contribution is 0.750. The summed E-state index contributed by atoms with van der Waals surface area (Å²) in [5, 5.41) is 18.8. The van der Waals surface area contributed by atoms with Crippen LogP contribution >= 0.6 is 11.3 Å². The van der Waals surface area contributed by atoms with Crippen LogP contribution < -0.4 is 0 Å². The van der Waals surface area contributed by atoms with Crippen molar-refractivity contribution in [2.75, 3.05) is 0 Å². The molecular weight excluding hydrogens is 318 g/mol. The van der Waals surface area contributed by atoms with E-state index in [0.29, 0.717) is 16.3 Å². The van der Waals surface area contributed by atoms with E-state index in [-0.39, 0.29) is 0 Å². The normalized spacial score (nSPS) is 11.5. The Balaban J connectivity index is 1.71. The van der Waals surface area contributed by atoms with Crippen molar-refractivity contribution >= 4 is 33.2 Å². The van der Waals surface area contributed by atoms with Crippen LogP contribution in [0.25, 0.3) is 27.6 Å². The maximum Gasteiger partial charge on any atom is 0.135 e. The molecule has 0 saturated carbocycles. The second-order valence-corrected chi connectivity index (χ2v) is 6.08. The summed E-state index contributed by atoms with van der Waals surface area (Å²) < 4.78 is 1.06. The van der Waals surface area contributed by atoms with Crippen molar-refractivity contribution in [2.24, 2.45) is 0 Å². The number of para-hydroxylation sites is 2. The van der Waals surface area contributed by atoms with Crippen LogP contribution in [0.4, 0.5) is 0 Å². The molecule has 0 aliphatic heterocycles. The first kappa shape index (κ1) is 14.3. The first-order valence-electron chi connectivity index (χ1n) is 7.29. The zero-order valence-electron chi connectivity index (χ0n) is 12.5. The maximum absolute atomic E-state index is 9.48. The predicted molar refractivity (Wildman–Crippen MR) is 94.5 cm³/mol. The third-order valence-corrected chi connectivity index (χ3v) is 4.50. The fraction of sp³-hybridized carbons (Fsp3) is 0. The smallest absolute Gasteiger partial charge is 0.135 e. The highest BCUT2D eigenvalue weighted by atomic mass is 32.1. The highest BCUT2D eigenvalue weighted by Gasteiger charge is 2.10. The highest BCUT2D eigenvalue weighted by molar-refractivity contribution is 7.19. The van der Waals surface area contributed by atoms with Crippen LogP contribution in [0.3, 0.4) is 0 Å². The van der Waals surface area contributed by atoms with E-state index in [0.717, 1.165) is 15.9 Å². The summed E-state index contributed by atoms with van der Waals surface area (Å²) in [5.74, 6) is 0. The molecule has 0 amide bonds. The molecule has 4 rings (SSSR count). The number of benzene rings is 2. The van der Waals surface area contributed by atoms with Crippen molar-refractivity contribution in [2.45, 2.75) is 0 Å². The van der Waals surface area contributed by atoms with E-state index in [1.165, 1.54) is 11.3 Å². The fourth-order valence-corrected chi connectivity index (χ4v) is 3.24. The Morgan fingerprint density at radius 3 is 2.67 bits per heavy atom. The molecule has 0 aliphatic rings. The van der Waals surface area contributed by atoms with Gasteiger partial charge >= 0.3 is 0 Å². The molecule has 2 heterocycles. The van der Waals surface area contributed by atoms with Crippen molar-refractivity contribution in [3.8, 4) is 11.8 Å². The molecule has 114 valence electrons. The molecular formula is C18H11N5S. The van der Waals surface area contributed by atoms with Crippen LogP contribution in [0.1, 0.15) is 10.7 Å². The number of thiazole rings is 1. The molecule has 0 N–H and O–H groups in total. The van der Waals surface area contributed by atoms with E-state index >= 15 is 0 Å². The minimum atomic E-state index is 0.483. The topological polar surface area (TPSA) is 67.4 Å². The fourth-order valence-electron chi connectivity index (χ4n) is 2.30. The van der Waals surface area contributed by atoms with Gasteiger partial charge in [-0.3, -0.25) is 0 Å². The lowest BCUT2D eigenvalue weighted by Crippen LogP contribution is -1.97. The van der Waals surface area contributed by atoms with Gasteiger partial charge in [0.1, 0.15) is 16.8 Å². The number of allylic oxidation sites excluding steroid dienone is 1. The summed E-state index contributed by atoms with van der Waals surface area (Å²) >= 11 is 1.50. The van der Waals surface area contributed by atoms with Gasteiger partial charge in [-0.15, -0.1) is 16.4 Å². The zero-order chi connectivity index (χ0) is 16.4. The van der Waals surface area contributed by atoms with Gasteiger partial charge in [-0.05, 0) is 30.3 Å². The van der Waals surface area contributed by atoms with Crippen LogP contribution in [0.5, 0.6) is 0 Å². The summed E-state index contributed by atoms with van der Waals surface area (Å²) in [7, 11) is 0. The van der Waals surface area contributed by atoms with Gasteiger partial charge in [0.15, 0.2) is 0 Å². The SMILES string of the molecule is N#CC(=Cc1cnn(-c2ccccc2)n1)c1nc2ccccc2s1. The van der Waals surface area contributed by atoms with E-state index in [4.69, 9.17) is 0 Å². The number of nitriles is 1. The van der Waals surface area contributed by atoms with E-state index in [2.05, 4.69) is 21.3 Å². The molecule has 4 aromatic rings. The summed E-state index contributed by atoms with van der Waals surface area (Å²) in [6, 6.07) is 19.7. The highest BCUT2D eigenvalue weighted by Crippen LogP contribution is 2.27. The number of hydrogen-bond donors (Lipinski definition) is 0. The average Bonchev–Trinajstić information content (AvgIpc) is 3.27. The number of aromatic nitrogens is 4. The molecule has 2 aromatic carbocycles. The van der Waals surface area contributed by atoms with Crippen LogP contribution in [0.2, 0.25) is 0 Å². The van der Waals surface area contributed by atoms with E-state index < -0.39 is 0 Å². The van der Waals surface area contributed by atoms with Gasteiger partial charge < -0.3 is 0 Å². The lowest BCUT2D eigenvalue weighted by atomic mass is 10.2. The molecule has 6 heteroatoms. The Kier molecular flexibility index (Phi) is 3.61. The van der Waals surface area contributed by atoms with Gasteiger partial charge in [0.25, 0.3) is 0 Å². The maximum atomic E-state index is 9.48. The van der Waals surface area contributed by atoms with Crippen molar-refractivity contribution < 1.29 is 0 Å².